The molecule has 0 aliphatic carbocycles. The molecule has 1 aliphatic heterocycles. The minimum Gasteiger partial charge on any atom is -0.354 e. The first kappa shape index (κ1) is 13.5. The number of hydrazine groups is 1. The van der Waals surface area contributed by atoms with Crippen LogP contribution in [0.25, 0.3) is 0 Å². The minimum atomic E-state index is 0.0857. The summed E-state index contributed by atoms with van der Waals surface area (Å²) in [6.45, 7) is 4.13. The molecule has 0 atom stereocenters. The van der Waals surface area contributed by atoms with E-state index in [1.165, 1.54) is 0 Å². The topological polar surface area (TPSA) is 96.2 Å². The first-order valence-electron chi connectivity index (χ1n) is 6.59. The summed E-state index contributed by atoms with van der Waals surface area (Å²) in [6.07, 6.45) is 2.28. The Kier molecular flexibility index (Phi) is 4.51. The van der Waals surface area contributed by atoms with E-state index >= 15 is 0 Å². The van der Waals surface area contributed by atoms with Gasteiger partial charge in [-0.05, 0) is 6.42 Å². The molecule has 104 valence electrons. The van der Waals surface area contributed by atoms with Gasteiger partial charge < -0.3 is 15.6 Å². The Hall–Kier alpha value is -1.89. The predicted octanol–water partition coefficient (Wildman–Crippen LogP) is 0.0410. The third kappa shape index (κ3) is 3.54. The lowest BCUT2D eigenvalue weighted by Gasteiger charge is -2.21. The molecule has 19 heavy (non-hydrogen) atoms. The molecule has 2 rings (SSSR count). The van der Waals surface area contributed by atoms with Gasteiger partial charge in [0.2, 0.25) is 5.91 Å². The maximum atomic E-state index is 11.3. The van der Waals surface area contributed by atoms with Gasteiger partial charge in [0.05, 0.1) is 0 Å². The van der Waals surface area contributed by atoms with Crippen LogP contribution in [0, 0.1) is 0 Å². The van der Waals surface area contributed by atoms with Crippen LogP contribution < -0.4 is 21.5 Å². The molecule has 0 radical (unpaired) electrons. The van der Waals surface area contributed by atoms with Gasteiger partial charge in [0, 0.05) is 38.5 Å². The van der Waals surface area contributed by atoms with Crippen molar-refractivity contribution >= 4 is 17.5 Å². The van der Waals surface area contributed by atoms with Gasteiger partial charge in [-0.15, -0.1) is 0 Å². The number of nitrogens with one attached hydrogen (secondary N) is 2. The number of hydrogen-bond donors (Lipinski definition) is 3. The van der Waals surface area contributed by atoms with E-state index in [-0.39, 0.29) is 5.91 Å². The summed E-state index contributed by atoms with van der Waals surface area (Å²) in [4.78, 5) is 22.3. The molecule has 1 aromatic rings. The number of amides is 1. The largest absolute Gasteiger partial charge is 0.354 e. The molecule has 0 bridgehead atoms. The summed E-state index contributed by atoms with van der Waals surface area (Å²) >= 11 is 0. The Morgan fingerprint density at radius 1 is 1.47 bits per heavy atom. The molecule has 7 nitrogen and oxygen atoms in total. The molecule has 1 saturated heterocycles. The summed E-state index contributed by atoms with van der Waals surface area (Å²) in [5.74, 6) is 7.73. The highest BCUT2D eigenvalue weighted by Crippen LogP contribution is 2.17. The number of anilines is 2. The summed E-state index contributed by atoms with van der Waals surface area (Å²) in [5, 5.41) is 2.85. The van der Waals surface area contributed by atoms with E-state index in [9.17, 15) is 4.79 Å². The van der Waals surface area contributed by atoms with Gasteiger partial charge in [0.15, 0.2) is 0 Å². The highest BCUT2D eigenvalue weighted by molar-refractivity contribution is 5.77. The number of carbonyl (C=O) groups is 1. The SMILES string of the molecule is CCCc1nc(NN)cc(N2CCNC(=O)CC2)n1. The van der Waals surface area contributed by atoms with Gasteiger partial charge in [0.25, 0.3) is 0 Å². The van der Waals surface area contributed by atoms with E-state index in [1.54, 1.807) is 0 Å². The molecule has 0 spiro atoms. The molecule has 2 heterocycles. The molecular formula is C12H20N6O. The van der Waals surface area contributed by atoms with E-state index in [1.807, 2.05) is 6.07 Å². The van der Waals surface area contributed by atoms with Crippen LogP contribution in [-0.2, 0) is 11.2 Å². The molecule has 1 aliphatic rings. The lowest BCUT2D eigenvalue weighted by molar-refractivity contribution is -0.120. The Morgan fingerprint density at radius 2 is 2.32 bits per heavy atom. The van der Waals surface area contributed by atoms with Gasteiger partial charge in [-0.3, -0.25) is 4.79 Å². The fraction of sp³-hybridized carbons (Fsp3) is 0.583. The van der Waals surface area contributed by atoms with Crippen molar-refractivity contribution in [3.63, 3.8) is 0 Å². The average molecular weight is 264 g/mol. The van der Waals surface area contributed by atoms with Crippen LogP contribution in [0.3, 0.4) is 0 Å². The number of nitrogens with two attached hydrogens (primary N) is 1. The molecular weight excluding hydrogens is 244 g/mol. The third-order valence-corrected chi connectivity index (χ3v) is 3.02. The number of rotatable bonds is 4. The molecule has 0 unspecified atom stereocenters. The van der Waals surface area contributed by atoms with Crippen molar-refractivity contribution in [2.45, 2.75) is 26.2 Å². The van der Waals surface area contributed by atoms with Crippen LogP contribution in [0.1, 0.15) is 25.6 Å². The Bertz CT molecular complexity index is 450. The fourth-order valence-electron chi connectivity index (χ4n) is 2.05. The Labute approximate surface area is 112 Å². The molecule has 7 heteroatoms. The zero-order chi connectivity index (χ0) is 13.7. The molecule has 1 fully saturated rings. The van der Waals surface area contributed by atoms with E-state index in [2.05, 4.69) is 32.5 Å². The lowest BCUT2D eigenvalue weighted by Crippen LogP contribution is -2.29. The van der Waals surface area contributed by atoms with Crippen molar-refractivity contribution in [1.29, 1.82) is 0 Å². The lowest BCUT2D eigenvalue weighted by atomic mass is 10.3. The number of aryl methyl sites for hydroxylation is 1. The van der Waals surface area contributed by atoms with Crippen molar-refractivity contribution in [3.05, 3.63) is 11.9 Å². The maximum absolute atomic E-state index is 11.3. The van der Waals surface area contributed by atoms with Gasteiger partial charge in [0.1, 0.15) is 17.5 Å². The maximum Gasteiger partial charge on any atom is 0.221 e. The zero-order valence-corrected chi connectivity index (χ0v) is 11.1. The molecule has 0 saturated carbocycles. The second kappa shape index (κ2) is 6.33. The third-order valence-electron chi connectivity index (χ3n) is 3.02. The summed E-state index contributed by atoms with van der Waals surface area (Å²) in [6, 6.07) is 1.81. The number of hydrogen-bond acceptors (Lipinski definition) is 6. The van der Waals surface area contributed by atoms with E-state index in [0.29, 0.717) is 25.3 Å². The van der Waals surface area contributed by atoms with Crippen LogP contribution in [0.2, 0.25) is 0 Å². The summed E-state index contributed by atoms with van der Waals surface area (Å²) < 4.78 is 0. The van der Waals surface area contributed by atoms with Gasteiger partial charge in [-0.25, -0.2) is 15.8 Å². The van der Waals surface area contributed by atoms with Gasteiger partial charge in [-0.2, -0.15) is 0 Å². The predicted molar refractivity (Wildman–Crippen MR) is 73.7 cm³/mol. The van der Waals surface area contributed by atoms with Crippen molar-refractivity contribution in [2.24, 2.45) is 5.84 Å². The number of nitrogen functional groups attached to an aromatic ring is 1. The Morgan fingerprint density at radius 3 is 3.05 bits per heavy atom. The van der Waals surface area contributed by atoms with Crippen LogP contribution >= 0.6 is 0 Å². The van der Waals surface area contributed by atoms with E-state index < -0.39 is 0 Å². The minimum absolute atomic E-state index is 0.0857. The first-order valence-corrected chi connectivity index (χ1v) is 6.59. The van der Waals surface area contributed by atoms with Crippen molar-refractivity contribution in [3.8, 4) is 0 Å². The summed E-state index contributed by atoms with van der Waals surface area (Å²) in [7, 11) is 0. The molecule has 1 aromatic heterocycles. The van der Waals surface area contributed by atoms with Crippen LogP contribution in [-0.4, -0.2) is 35.5 Å². The second-order valence-corrected chi connectivity index (χ2v) is 4.51. The first-order chi connectivity index (χ1) is 9.22. The standard InChI is InChI=1S/C12H20N6O/c1-2-3-9-15-10(17-13)8-11(16-9)18-6-4-12(19)14-5-7-18/h8H,2-7,13H2,1H3,(H,14,19)(H,15,16,17). The highest BCUT2D eigenvalue weighted by atomic mass is 16.1. The molecule has 0 aromatic carbocycles. The quantitative estimate of drug-likeness (QED) is 0.525. The number of carbonyl (C=O) groups excluding carboxylic acids is 1. The van der Waals surface area contributed by atoms with Crippen molar-refractivity contribution in [2.75, 3.05) is 30.0 Å². The number of nitrogens with zero attached hydrogens (tertiary/aromatic N) is 3. The van der Waals surface area contributed by atoms with Gasteiger partial charge >= 0.3 is 0 Å². The second-order valence-electron chi connectivity index (χ2n) is 4.51. The van der Waals surface area contributed by atoms with Crippen LogP contribution in [0.4, 0.5) is 11.6 Å². The van der Waals surface area contributed by atoms with E-state index in [0.717, 1.165) is 31.0 Å². The van der Waals surface area contributed by atoms with Crippen molar-refractivity contribution < 1.29 is 4.79 Å². The molecule has 1 amide bonds. The summed E-state index contributed by atoms with van der Waals surface area (Å²) in [5.41, 5.74) is 2.57. The average Bonchev–Trinajstić information content (AvgIpc) is 2.63. The zero-order valence-electron chi connectivity index (χ0n) is 11.1. The highest BCUT2D eigenvalue weighted by Gasteiger charge is 2.16. The van der Waals surface area contributed by atoms with Crippen LogP contribution in [0.15, 0.2) is 6.07 Å². The van der Waals surface area contributed by atoms with Crippen molar-refractivity contribution in [1.82, 2.24) is 15.3 Å². The smallest absolute Gasteiger partial charge is 0.221 e. The molecule has 4 N–H and O–H groups in total. The normalized spacial score (nSPS) is 15.9. The van der Waals surface area contributed by atoms with Gasteiger partial charge in [-0.1, -0.05) is 6.92 Å². The number of aromatic nitrogens is 2. The van der Waals surface area contributed by atoms with Crippen LogP contribution in [0.5, 0.6) is 0 Å². The Balaban J connectivity index is 2.21. The van der Waals surface area contributed by atoms with E-state index in [4.69, 9.17) is 5.84 Å². The fourth-order valence-corrected chi connectivity index (χ4v) is 2.05. The monoisotopic (exact) mass is 264 g/mol.